The third-order valence-corrected chi connectivity index (χ3v) is 7.54. The number of hydrogen-bond acceptors (Lipinski definition) is 8. The first-order chi connectivity index (χ1) is 19.8. The van der Waals surface area contributed by atoms with E-state index >= 15 is 0 Å². The van der Waals surface area contributed by atoms with E-state index < -0.39 is 23.7 Å². The van der Waals surface area contributed by atoms with Crippen LogP contribution in [-0.4, -0.2) is 48.6 Å². The van der Waals surface area contributed by atoms with Gasteiger partial charge in [0.05, 0.1) is 23.0 Å². The van der Waals surface area contributed by atoms with Gasteiger partial charge in [-0.05, 0) is 42.8 Å². The van der Waals surface area contributed by atoms with Crippen molar-refractivity contribution in [3.8, 4) is 0 Å². The van der Waals surface area contributed by atoms with E-state index in [0.717, 1.165) is 17.1 Å². The molecule has 0 saturated heterocycles. The lowest BCUT2D eigenvalue weighted by atomic mass is 10.0. The first-order valence-electron chi connectivity index (χ1n) is 12.4. The molecule has 0 bridgehead atoms. The number of nitrogens with zero attached hydrogens (tertiary/aromatic N) is 5. The van der Waals surface area contributed by atoms with Crippen LogP contribution in [0.15, 0.2) is 54.9 Å². The molecule has 0 aliphatic carbocycles. The second kappa shape index (κ2) is 12.0. The number of aromatic nitrogens is 5. The molecule has 2 aromatic carbocycles. The van der Waals surface area contributed by atoms with Gasteiger partial charge in [0.15, 0.2) is 17.9 Å². The topological polar surface area (TPSA) is 136 Å². The number of imidazole rings is 2. The van der Waals surface area contributed by atoms with Gasteiger partial charge >= 0.3 is 0 Å². The molecule has 0 spiro atoms. The van der Waals surface area contributed by atoms with Crippen molar-refractivity contribution in [3.63, 3.8) is 0 Å². The van der Waals surface area contributed by atoms with Gasteiger partial charge in [-0.25, -0.2) is 14.4 Å². The van der Waals surface area contributed by atoms with E-state index in [1.807, 2.05) is 37.0 Å². The molecule has 3 N–H and O–H groups in total. The molecular weight excluding hydrogens is 571 g/mol. The molecule has 2 amide bonds. The summed E-state index contributed by atoms with van der Waals surface area (Å²) in [5.74, 6) is -0.415. The van der Waals surface area contributed by atoms with Crippen LogP contribution in [0.1, 0.15) is 44.2 Å². The van der Waals surface area contributed by atoms with Crippen LogP contribution < -0.4 is 16.0 Å². The molecule has 1 atom stereocenters. The highest BCUT2D eigenvalue weighted by Gasteiger charge is 2.34. The van der Waals surface area contributed by atoms with Crippen LogP contribution in [0.2, 0.25) is 5.02 Å². The van der Waals surface area contributed by atoms with Crippen molar-refractivity contribution in [1.29, 1.82) is 0 Å². The third-order valence-electron chi connectivity index (χ3n) is 6.37. The lowest BCUT2D eigenvalue weighted by molar-refractivity contribution is -0.123. The van der Waals surface area contributed by atoms with E-state index in [0.29, 0.717) is 17.4 Å². The van der Waals surface area contributed by atoms with Crippen LogP contribution >= 0.6 is 23.1 Å². The summed E-state index contributed by atoms with van der Waals surface area (Å²) in [6.07, 6.45) is 4.22. The summed E-state index contributed by atoms with van der Waals surface area (Å²) in [5.41, 5.74) is 0.792. The molecule has 0 fully saturated rings. The Morgan fingerprint density at radius 3 is 2.83 bits per heavy atom. The monoisotopic (exact) mass is 594 g/mol. The second-order valence-electron chi connectivity index (χ2n) is 9.04. The van der Waals surface area contributed by atoms with Gasteiger partial charge in [0.25, 0.3) is 5.91 Å². The largest absolute Gasteiger partial charge is 0.342 e. The first kappa shape index (κ1) is 28.1. The van der Waals surface area contributed by atoms with E-state index in [2.05, 4.69) is 30.3 Å². The minimum Gasteiger partial charge on any atom is -0.342 e. The Bertz CT molecular complexity index is 1760. The molecule has 1 aliphatic rings. The predicted octanol–water partition coefficient (Wildman–Crippen LogP) is 3.71. The summed E-state index contributed by atoms with van der Waals surface area (Å²) in [4.78, 5) is 45.3. The summed E-state index contributed by atoms with van der Waals surface area (Å²) < 4.78 is 22.4. The number of carbonyl (C=O) groups is 3. The molecule has 14 heteroatoms. The van der Waals surface area contributed by atoms with Crippen LogP contribution in [0.5, 0.6) is 0 Å². The zero-order valence-electron chi connectivity index (χ0n) is 21.9. The summed E-state index contributed by atoms with van der Waals surface area (Å²) in [6.45, 7) is 0.652. The maximum absolute atomic E-state index is 14.0. The minimum atomic E-state index is -0.928. The number of halogens is 2. The van der Waals surface area contributed by atoms with E-state index in [1.54, 1.807) is 18.3 Å². The molecular formula is C27H24ClFN8O3S. The number of fused-ring (bicyclic) bond motifs is 2. The standard InChI is InChI=1S/C21H13ClFN5O3S.C6H11N3/c22-13-6-5-10(23)7-12(13)17-19-20(24-15(9-29)28(19)8-16(30)25-17)26-21(31)18-11-3-1-2-4-14(11)32-27-18;1-7-5-6-8-3-4-9(6)2/h1-7,9,17H,8H2,(H,25,30)(H,26,31);3-4,7H,5H2,1-2H3. The van der Waals surface area contributed by atoms with E-state index in [4.69, 9.17) is 11.6 Å². The fourth-order valence-electron chi connectivity index (χ4n) is 4.44. The number of hydrogen-bond donors (Lipinski definition) is 3. The number of anilines is 1. The van der Waals surface area contributed by atoms with Crippen LogP contribution in [0.3, 0.4) is 0 Å². The van der Waals surface area contributed by atoms with Gasteiger partial charge < -0.3 is 25.1 Å². The quantitative estimate of drug-likeness (QED) is 0.255. The zero-order valence-corrected chi connectivity index (χ0v) is 23.5. The molecule has 6 rings (SSSR count). The Labute approximate surface area is 242 Å². The fraction of sp³-hybridized carbons (Fsp3) is 0.185. The van der Waals surface area contributed by atoms with E-state index in [1.165, 1.54) is 34.3 Å². The molecule has 41 heavy (non-hydrogen) atoms. The fourth-order valence-corrected chi connectivity index (χ4v) is 5.44. The Hall–Kier alpha value is -4.46. The lowest BCUT2D eigenvalue weighted by Crippen LogP contribution is -2.40. The maximum Gasteiger partial charge on any atom is 0.277 e. The predicted molar refractivity (Wildman–Crippen MR) is 153 cm³/mol. The molecule has 210 valence electrons. The van der Waals surface area contributed by atoms with Gasteiger partial charge in [0.1, 0.15) is 23.9 Å². The number of aryl methyl sites for hydroxylation is 1. The first-order valence-corrected chi connectivity index (χ1v) is 13.5. The number of rotatable bonds is 6. The van der Waals surface area contributed by atoms with Crippen molar-refractivity contribution < 1.29 is 18.8 Å². The highest BCUT2D eigenvalue weighted by Crippen LogP contribution is 2.36. The Morgan fingerprint density at radius 2 is 2.10 bits per heavy atom. The molecule has 4 heterocycles. The maximum atomic E-state index is 14.0. The van der Waals surface area contributed by atoms with E-state index in [-0.39, 0.29) is 34.5 Å². The number of benzene rings is 2. The van der Waals surface area contributed by atoms with Crippen molar-refractivity contribution in [2.75, 3.05) is 12.4 Å². The molecule has 0 saturated carbocycles. The number of amides is 2. The van der Waals surface area contributed by atoms with Crippen LogP contribution in [-0.2, 0) is 24.9 Å². The van der Waals surface area contributed by atoms with Gasteiger partial charge in [-0.1, -0.05) is 29.8 Å². The smallest absolute Gasteiger partial charge is 0.277 e. The summed E-state index contributed by atoms with van der Waals surface area (Å²) in [6, 6.07) is 10.1. The average molecular weight is 595 g/mol. The number of aldehydes is 1. The lowest BCUT2D eigenvalue weighted by Gasteiger charge is -2.27. The molecule has 3 aromatic heterocycles. The molecule has 1 aliphatic heterocycles. The minimum absolute atomic E-state index is 0.0502. The van der Waals surface area contributed by atoms with Crippen molar-refractivity contribution in [1.82, 2.24) is 34.1 Å². The third kappa shape index (κ3) is 5.73. The van der Waals surface area contributed by atoms with Gasteiger partial charge in [-0.2, -0.15) is 4.37 Å². The van der Waals surface area contributed by atoms with Gasteiger partial charge in [-0.3, -0.25) is 14.4 Å². The normalized spacial score (nSPS) is 14.1. The van der Waals surface area contributed by atoms with Crippen LogP contribution in [0.4, 0.5) is 10.2 Å². The average Bonchev–Trinajstić information content (AvgIpc) is 3.67. The molecule has 11 nitrogen and oxygen atoms in total. The van der Waals surface area contributed by atoms with Crippen molar-refractivity contribution >= 4 is 57.1 Å². The summed E-state index contributed by atoms with van der Waals surface area (Å²) >= 11 is 7.46. The van der Waals surface area contributed by atoms with E-state index in [9.17, 15) is 18.8 Å². The molecule has 5 aromatic rings. The number of nitrogens with one attached hydrogen (secondary N) is 3. The highest BCUT2D eigenvalue weighted by molar-refractivity contribution is 7.13. The Balaban J connectivity index is 0.000000321. The summed E-state index contributed by atoms with van der Waals surface area (Å²) in [5, 5.41) is 9.35. The van der Waals surface area contributed by atoms with Gasteiger partial charge in [0, 0.05) is 35.4 Å². The molecule has 1 unspecified atom stereocenters. The summed E-state index contributed by atoms with van der Waals surface area (Å²) in [7, 11) is 3.90. The van der Waals surface area contributed by atoms with Crippen molar-refractivity contribution in [2.24, 2.45) is 7.05 Å². The SMILES string of the molecule is CNCc1nccn1C.O=Cc1nc(NC(=O)c2nsc3ccccc23)c2n1CC(=O)NC2c1cc(F)ccc1Cl. The van der Waals surface area contributed by atoms with Crippen molar-refractivity contribution in [2.45, 2.75) is 19.1 Å². The zero-order chi connectivity index (χ0) is 29.1. The van der Waals surface area contributed by atoms with Crippen molar-refractivity contribution in [3.05, 3.63) is 94.3 Å². The van der Waals surface area contributed by atoms with Crippen LogP contribution in [0, 0.1) is 5.82 Å². The Kier molecular flexibility index (Phi) is 8.19. The molecule has 0 radical (unpaired) electrons. The van der Waals surface area contributed by atoms with Crippen LogP contribution in [0.25, 0.3) is 10.1 Å². The number of carbonyl (C=O) groups excluding carboxylic acids is 3. The Morgan fingerprint density at radius 1 is 1.29 bits per heavy atom. The highest BCUT2D eigenvalue weighted by atomic mass is 35.5. The second-order valence-corrected chi connectivity index (χ2v) is 10.3. The van der Waals surface area contributed by atoms with Gasteiger partial charge in [0.2, 0.25) is 5.91 Å². The van der Waals surface area contributed by atoms with Gasteiger partial charge in [-0.15, -0.1) is 0 Å².